The first-order chi connectivity index (χ1) is 10.1. The second kappa shape index (κ2) is 5.05. The van der Waals surface area contributed by atoms with Crippen molar-refractivity contribution in [2.45, 2.75) is 13.0 Å². The highest BCUT2D eigenvalue weighted by Crippen LogP contribution is 2.26. The molecule has 1 aromatic carbocycles. The Balaban J connectivity index is 1.97. The Bertz CT molecular complexity index is 693. The van der Waals surface area contributed by atoms with E-state index in [1.165, 1.54) is 4.90 Å². The number of rotatable bonds is 2. The highest BCUT2D eigenvalue weighted by atomic mass is 16.2. The number of nitrogens with zero attached hydrogens (tertiary/aromatic N) is 3. The summed E-state index contributed by atoms with van der Waals surface area (Å²) < 4.78 is 1.64. The number of carbonyl (C=O) groups is 2. The molecule has 0 saturated carbocycles. The Morgan fingerprint density at radius 1 is 1.24 bits per heavy atom. The molecule has 1 unspecified atom stereocenters. The number of amides is 2. The van der Waals surface area contributed by atoms with Gasteiger partial charge in [0.05, 0.1) is 11.4 Å². The van der Waals surface area contributed by atoms with Gasteiger partial charge >= 0.3 is 0 Å². The van der Waals surface area contributed by atoms with Gasteiger partial charge in [-0.1, -0.05) is 30.3 Å². The molecule has 2 amide bonds. The van der Waals surface area contributed by atoms with Crippen LogP contribution in [0.3, 0.4) is 0 Å². The quantitative estimate of drug-likeness (QED) is 0.892. The molecule has 0 spiro atoms. The van der Waals surface area contributed by atoms with Gasteiger partial charge in [0.25, 0.3) is 5.91 Å². The first-order valence-electron chi connectivity index (χ1n) is 6.72. The van der Waals surface area contributed by atoms with E-state index in [4.69, 9.17) is 0 Å². The summed E-state index contributed by atoms with van der Waals surface area (Å²) in [5.41, 5.74) is 2.19. The summed E-state index contributed by atoms with van der Waals surface area (Å²) in [4.78, 5) is 26.2. The number of aryl methyl sites for hydroxylation is 2. The van der Waals surface area contributed by atoms with Crippen molar-refractivity contribution in [3.05, 3.63) is 47.8 Å². The van der Waals surface area contributed by atoms with Gasteiger partial charge in [0.2, 0.25) is 5.91 Å². The van der Waals surface area contributed by atoms with E-state index in [1.807, 2.05) is 37.3 Å². The number of carbonyl (C=O) groups excluding carboxylic acids is 2. The highest BCUT2D eigenvalue weighted by Gasteiger charge is 2.35. The molecule has 0 aliphatic carbocycles. The van der Waals surface area contributed by atoms with Gasteiger partial charge in [0.15, 0.2) is 0 Å². The van der Waals surface area contributed by atoms with E-state index >= 15 is 0 Å². The molecule has 1 atom stereocenters. The number of hydrogen-bond donors (Lipinski definition) is 1. The standard InChI is InChI=1S/C15H16N4O2/c1-10-12(8-18(2)17-10)19-9-13(20)16-14(15(19)21)11-6-4-3-5-7-11/h3-8,14H,9H2,1-2H3,(H,16,20). The molecule has 1 aliphatic rings. The lowest BCUT2D eigenvalue weighted by molar-refractivity contribution is -0.131. The number of nitrogens with one attached hydrogen (secondary N) is 1. The first kappa shape index (κ1) is 13.4. The van der Waals surface area contributed by atoms with Crippen LogP contribution in [0.5, 0.6) is 0 Å². The van der Waals surface area contributed by atoms with E-state index in [2.05, 4.69) is 10.4 Å². The minimum atomic E-state index is -0.646. The van der Waals surface area contributed by atoms with Crippen LogP contribution in [0.1, 0.15) is 17.3 Å². The zero-order valence-electron chi connectivity index (χ0n) is 11.9. The van der Waals surface area contributed by atoms with Crippen LogP contribution in [-0.2, 0) is 16.6 Å². The first-order valence-corrected chi connectivity index (χ1v) is 6.72. The van der Waals surface area contributed by atoms with E-state index in [0.717, 1.165) is 11.3 Å². The minimum absolute atomic E-state index is 0.0225. The van der Waals surface area contributed by atoms with E-state index in [1.54, 1.807) is 17.9 Å². The summed E-state index contributed by atoms with van der Waals surface area (Å²) in [6.07, 6.45) is 1.76. The maximum absolute atomic E-state index is 12.7. The van der Waals surface area contributed by atoms with Crippen molar-refractivity contribution < 1.29 is 9.59 Å². The van der Waals surface area contributed by atoms with Gasteiger partial charge in [-0.05, 0) is 12.5 Å². The molecule has 108 valence electrons. The molecule has 1 N–H and O–H groups in total. The third kappa shape index (κ3) is 2.40. The molecule has 3 rings (SSSR count). The van der Waals surface area contributed by atoms with Crippen LogP contribution in [0.2, 0.25) is 0 Å². The highest BCUT2D eigenvalue weighted by molar-refractivity contribution is 6.07. The fourth-order valence-electron chi connectivity index (χ4n) is 2.57. The van der Waals surface area contributed by atoms with Crippen molar-refractivity contribution >= 4 is 17.5 Å². The lowest BCUT2D eigenvalue weighted by Gasteiger charge is -2.32. The lowest BCUT2D eigenvalue weighted by Crippen LogP contribution is -2.53. The van der Waals surface area contributed by atoms with Gasteiger partial charge < -0.3 is 5.32 Å². The number of aromatic nitrogens is 2. The summed E-state index contributed by atoms with van der Waals surface area (Å²) >= 11 is 0. The second-order valence-corrected chi connectivity index (χ2v) is 5.11. The fourth-order valence-corrected chi connectivity index (χ4v) is 2.57. The molecule has 0 bridgehead atoms. The monoisotopic (exact) mass is 284 g/mol. The third-order valence-corrected chi connectivity index (χ3v) is 3.53. The summed E-state index contributed by atoms with van der Waals surface area (Å²) in [7, 11) is 1.79. The van der Waals surface area contributed by atoms with Gasteiger partial charge in [-0.3, -0.25) is 19.2 Å². The predicted molar refractivity (Wildman–Crippen MR) is 77.6 cm³/mol. The van der Waals surface area contributed by atoms with Crippen LogP contribution < -0.4 is 10.2 Å². The van der Waals surface area contributed by atoms with Gasteiger partial charge in [0, 0.05) is 13.2 Å². The lowest BCUT2D eigenvalue weighted by atomic mass is 10.0. The molecule has 0 radical (unpaired) electrons. The average Bonchev–Trinajstić information content (AvgIpc) is 2.80. The van der Waals surface area contributed by atoms with Gasteiger partial charge in [-0.2, -0.15) is 5.10 Å². The Labute approximate surface area is 122 Å². The van der Waals surface area contributed by atoms with Gasteiger partial charge in [0.1, 0.15) is 12.6 Å². The van der Waals surface area contributed by atoms with Crippen LogP contribution in [-0.4, -0.2) is 28.1 Å². The van der Waals surface area contributed by atoms with E-state index in [9.17, 15) is 9.59 Å². The molecule has 6 heteroatoms. The SMILES string of the molecule is Cc1nn(C)cc1N1CC(=O)NC(c2ccccc2)C1=O. The molecule has 1 aliphatic heterocycles. The van der Waals surface area contributed by atoms with Crippen molar-refractivity contribution in [2.75, 3.05) is 11.4 Å². The summed E-state index contributed by atoms with van der Waals surface area (Å²) in [5, 5.41) is 6.99. The molecule has 6 nitrogen and oxygen atoms in total. The number of benzene rings is 1. The number of hydrogen-bond acceptors (Lipinski definition) is 3. The Kier molecular flexibility index (Phi) is 3.21. The van der Waals surface area contributed by atoms with Crippen molar-refractivity contribution in [2.24, 2.45) is 7.05 Å². The Morgan fingerprint density at radius 3 is 2.57 bits per heavy atom. The molecule has 2 heterocycles. The zero-order chi connectivity index (χ0) is 15.0. The van der Waals surface area contributed by atoms with Crippen molar-refractivity contribution in [1.82, 2.24) is 15.1 Å². The van der Waals surface area contributed by atoms with Crippen LogP contribution >= 0.6 is 0 Å². The van der Waals surface area contributed by atoms with Crippen molar-refractivity contribution in [3.8, 4) is 0 Å². The predicted octanol–water partition coefficient (Wildman–Crippen LogP) is 0.933. The molecule has 21 heavy (non-hydrogen) atoms. The Hall–Kier alpha value is -2.63. The largest absolute Gasteiger partial charge is 0.339 e. The molecule has 1 fully saturated rings. The zero-order valence-corrected chi connectivity index (χ0v) is 11.9. The van der Waals surface area contributed by atoms with Crippen LogP contribution in [0.15, 0.2) is 36.5 Å². The van der Waals surface area contributed by atoms with Gasteiger partial charge in [-0.15, -0.1) is 0 Å². The molecular formula is C15H16N4O2. The van der Waals surface area contributed by atoms with E-state index in [-0.39, 0.29) is 18.4 Å². The van der Waals surface area contributed by atoms with Crippen molar-refractivity contribution in [1.29, 1.82) is 0 Å². The summed E-state index contributed by atoms with van der Waals surface area (Å²) in [6, 6.07) is 8.60. The smallest absolute Gasteiger partial charge is 0.254 e. The third-order valence-electron chi connectivity index (χ3n) is 3.53. The van der Waals surface area contributed by atoms with Crippen molar-refractivity contribution in [3.63, 3.8) is 0 Å². The minimum Gasteiger partial charge on any atom is -0.339 e. The normalized spacial score (nSPS) is 18.8. The van der Waals surface area contributed by atoms with E-state index < -0.39 is 6.04 Å². The molecule has 1 saturated heterocycles. The maximum Gasteiger partial charge on any atom is 0.254 e. The van der Waals surface area contributed by atoms with E-state index in [0.29, 0.717) is 5.69 Å². The average molecular weight is 284 g/mol. The maximum atomic E-state index is 12.7. The second-order valence-electron chi connectivity index (χ2n) is 5.11. The molecular weight excluding hydrogens is 268 g/mol. The van der Waals surface area contributed by atoms with Crippen LogP contribution in [0.25, 0.3) is 0 Å². The summed E-state index contributed by atoms with van der Waals surface area (Å²) in [5.74, 6) is -0.316. The van der Waals surface area contributed by atoms with Crippen LogP contribution in [0.4, 0.5) is 5.69 Å². The molecule has 1 aromatic heterocycles. The number of anilines is 1. The van der Waals surface area contributed by atoms with Gasteiger partial charge in [-0.25, -0.2) is 0 Å². The number of piperazine rings is 1. The fraction of sp³-hybridized carbons (Fsp3) is 0.267. The van der Waals surface area contributed by atoms with Crippen LogP contribution in [0, 0.1) is 6.92 Å². The topological polar surface area (TPSA) is 67.2 Å². The summed E-state index contributed by atoms with van der Waals surface area (Å²) in [6.45, 7) is 1.85. The molecule has 2 aromatic rings. The Morgan fingerprint density at radius 2 is 1.95 bits per heavy atom.